The van der Waals surface area contributed by atoms with Gasteiger partial charge in [0.15, 0.2) is 15.2 Å². The van der Waals surface area contributed by atoms with Crippen molar-refractivity contribution in [1.82, 2.24) is 14.7 Å². The summed E-state index contributed by atoms with van der Waals surface area (Å²) in [5.74, 6) is 0.628. The Morgan fingerprint density at radius 2 is 1.25 bits per heavy atom. The van der Waals surface area contributed by atoms with E-state index in [1.54, 1.807) is 0 Å². The number of hydrogen-bond acceptors (Lipinski definition) is 10. The standard InChI is InChI=1S/C37H82BIN3O6PS2Si2/c1-30(2)41(31(3)4)49(42(32(5)6)33(7)8)45-29-44-24-25-50-34(43)22-20-19-21-23-40-37(26-46-51(38)39,27-47-52(15,16)35(9,10)11)28-48-53(17,18)36(12,13)14/h30-33,40,51H,19-29H2,1-18H3. The number of nitrogens with one attached hydrogen (secondary N) is 1. The average Bonchev–Trinajstić information content (AvgIpc) is 2.99. The fourth-order valence-electron chi connectivity index (χ4n) is 5.12. The Hall–Kier alpha value is 1.71. The second-order valence-electron chi connectivity index (χ2n) is 18.4. The maximum absolute atomic E-state index is 12.7. The van der Waals surface area contributed by atoms with Gasteiger partial charge < -0.3 is 9.26 Å². The molecule has 0 aromatic heterocycles. The molecule has 0 saturated carbocycles. The summed E-state index contributed by atoms with van der Waals surface area (Å²) in [6.45, 7) is 49.6. The first kappa shape index (κ1) is 54.7. The van der Waals surface area contributed by atoms with Gasteiger partial charge in [0.1, 0.15) is 0 Å². The third kappa shape index (κ3) is 21.0. The van der Waals surface area contributed by atoms with Crippen molar-refractivity contribution in [2.75, 3.05) is 45.5 Å². The number of halogens is 1. The first-order valence-corrected chi connectivity index (χ1v) is 31.8. The Labute approximate surface area is 350 Å². The van der Waals surface area contributed by atoms with Gasteiger partial charge in [0.2, 0.25) is 0 Å². The van der Waals surface area contributed by atoms with Crippen molar-refractivity contribution in [1.29, 1.82) is 0 Å². The van der Waals surface area contributed by atoms with Crippen molar-refractivity contribution in [2.45, 2.75) is 189 Å². The maximum atomic E-state index is 12.7. The van der Waals surface area contributed by atoms with Crippen molar-refractivity contribution in [3.8, 4) is 0 Å². The van der Waals surface area contributed by atoms with Gasteiger partial charge in [0, 0.05) is 29.9 Å². The molecule has 16 heteroatoms. The third-order valence-electron chi connectivity index (χ3n) is 10.3. The fraction of sp³-hybridized carbons (Fsp3) is 0.973. The molecule has 53 heavy (non-hydrogen) atoms. The zero-order chi connectivity index (χ0) is 41.4. The average molecular weight is 954 g/mol. The normalized spacial score (nSPS) is 14.7. The van der Waals surface area contributed by atoms with Crippen molar-refractivity contribution in [3.63, 3.8) is 0 Å². The second kappa shape index (κ2) is 25.4. The molecule has 1 unspecified atom stereocenters. The van der Waals surface area contributed by atoms with E-state index in [0.29, 0.717) is 62.8 Å². The predicted molar refractivity (Wildman–Crippen MR) is 251 cm³/mol. The quantitative estimate of drug-likeness (QED) is 0.0207. The van der Waals surface area contributed by atoms with E-state index in [1.165, 1.54) is 11.8 Å². The molecule has 0 aromatic carbocycles. The number of thiol groups is 1. The molecule has 0 fully saturated rings. The summed E-state index contributed by atoms with van der Waals surface area (Å²) in [5, 5.41) is 4.21. The summed E-state index contributed by atoms with van der Waals surface area (Å²) < 4.78 is 37.0. The van der Waals surface area contributed by atoms with Crippen molar-refractivity contribution < 1.29 is 27.1 Å². The topological polar surface area (TPSA) is 81.7 Å². The molecule has 1 N–H and O–H groups in total. The number of unbranched alkanes of at least 4 members (excludes halogenated alkanes) is 2. The summed E-state index contributed by atoms with van der Waals surface area (Å²) >= 11 is 3.53. The molecule has 0 saturated heterocycles. The number of rotatable bonds is 27. The van der Waals surface area contributed by atoms with Crippen LogP contribution in [-0.2, 0) is 27.1 Å². The van der Waals surface area contributed by atoms with Crippen LogP contribution in [0.1, 0.15) is 123 Å². The molecule has 0 bridgehead atoms. The first-order chi connectivity index (χ1) is 24.1. The van der Waals surface area contributed by atoms with Crippen LogP contribution in [0, 0.1) is 0 Å². The summed E-state index contributed by atoms with van der Waals surface area (Å²) in [4.78, 5) is 12.7. The Morgan fingerprint density at radius 3 is 1.64 bits per heavy atom. The molecular formula is C37H82BIN3O6PS2Si2. The van der Waals surface area contributed by atoms with Crippen molar-refractivity contribution in [2.24, 2.45) is 0 Å². The van der Waals surface area contributed by atoms with Crippen LogP contribution in [0.15, 0.2) is 0 Å². The van der Waals surface area contributed by atoms with E-state index in [1.807, 2.05) is 0 Å². The van der Waals surface area contributed by atoms with Gasteiger partial charge in [-0.15, -0.1) is 0 Å². The minimum atomic E-state index is -2.03. The van der Waals surface area contributed by atoms with Gasteiger partial charge in [-0.2, -0.15) is 0 Å². The monoisotopic (exact) mass is 953 g/mol. The molecule has 0 amide bonds. The van der Waals surface area contributed by atoms with Crippen LogP contribution in [0.3, 0.4) is 0 Å². The van der Waals surface area contributed by atoms with Gasteiger partial charge in [-0.1, -0.05) is 0 Å². The zero-order valence-electron chi connectivity index (χ0n) is 37.2. The van der Waals surface area contributed by atoms with Gasteiger partial charge in [-0.25, -0.2) is 9.34 Å². The van der Waals surface area contributed by atoms with Crippen LogP contribution in [0.25, 0.3) is 0 Å². The Kier molecular flexibility index (Phi) is 26.2. The molecule has 0 spiro atoms. The van der Waals surface area contributed by atoms with Gasteiger partial charge in [-0.3, -0.25) is 0 Å². The number of thioether (sulfide) groups is 1. The fourth-order valence-corrected chi connectivity index (χ4v) is 11.0. The van der Waals surface area contributed by atoms with E-state index < -0.39 is 38.2 Å². The Bertz CT molecular complexity index is 1050. The Morgan fingerprint density at radius 1 is 0.792 bits per heavy atom. The van der Waals surface area contributed by atoms with Crippen LogP contribution >= 0.6 is 49.0 Å². The van der Waals surface area contributed by atoms with Crippen molar-refractivity contribution >= 4 is 77.3 Å². The van der Waals surface area contributed by atoms with Crippen LogP contribution in [0.5, 0.6) is 0 Å². The molecular weight excluding hydrogens is 871 g/mol. The van der Waals surface area contributed by atoms with Gasteiger partial charge in [0.05, 0.1) is 6.61 Å². The molecule has 0 aliphatic carbocycles. The Balaban J connectivity index is 5.15. The van der Waals surface area contributed by atoms with E-state index >= 15 is 0 Å². The molecule has 1 atom stereocenters. The third-order valence-corrected chi connectivity index (χ3v) is 24.3. The molecule has 0 heterocycles. The molecule has 9 nitrogen and oxygen atoms in total. The number of hydrogen-bond donors (Lipinski definition) is 2. The predicted octanol–water partition coefficient (Wildman–Crippen LogP) is 11.0. The molecule has 0 aliphatic heterocycles. The van der Waals surface area contributed by atoms with Gasteiger partial charge in [-0.05, 0) is 55.4 Å². The van der Waals surface area contributed by atoms with Crippen molar-refractivity contribution in [3.05, 3.63) is 0 Å². The van der Waals surface area contributed by atoms with E-state index in [-0.39, 0.29) is 22.0 Å². The summed E-state index contributed by atoms with van der Waals surface area (Å²) in [6.07, 6.45) is 3.31. The van der Waals surface area contributed by atoms with E-state index in [0.717, 1.165) is 25.8 Å². The van der Waals surface area contributed by atoms with Gasteiger partial charge >= 0.3 is 227 Å². The smallest absolute Gasteiger partial charge is 0.354 e. The number of carbonyl (C=O) groups excluding carboxylic acids is 1. The van der Waals surface area contributed by atoms with E-state index in [4.69, 9.17) is 28.8 Å². The molecule has 316 valence electrons. The van der Waals surface area contributed by atoms with Gasteiger partial charge in [0.25, 0.3) is 0 Å². The summed E-state index contributed by atoms with van der Waals surface area (Å²) in [5.41, 5.74) is -0.517. The van der Waals surface area contributed by atoms with Crippen LogP contribution in [-0.4, -0.2) is 113 Å². The minimum Gasteiger partial charge on any atom is -0.354 e. The number of ether oxygens (including phenoxy) is 1. The molecule has 0 aromatic rings. The summed E-state index contributed by atoms with van der Waals surface area (Å²) in [7, 11) is -6.12. The zero-order valence-corrected chi connectivity index (χ0v) is 44.0. The van der Waals surface area contributed by atoms with Crippen LogP contribution in [0.2, 0.25) is 36.3 Å². The first-order valence-electron chi connectivity index (χ1n) is 19.7. The van der Waals surface area contributed by atoms with E-state index in [9.17, 15) is 4.79 Å². The van der Waals surface area contributed by atoms with Crippen LogP contribution < -0.4 is 5.32 Å². The number of carbonyl (C=O) groups is 1. The minimum absolute atomic E-state index is 0.0869. The van der Waals surface area contributed by atoms with Crippen LogP contribution in [0.4, 0.5) is 0 Å². The molecule has 0 radical (unpaired) electrons. The van der Waals surface area contributed by atoms with E-state index in [2.05, 4.69) is 159 Å². The second-order valence-corrected chi connectivity index (χ2v) is 34.5. The summed E-state index contributed by atoms with van der Waals surface area (Å²) in [6, 6.07) is 1.41. The SMILES string of the molecule is B#[SH](I)OCC(CO[Si](C)(C)C(C)(C)C)(CO[Si](C)(C)C(C)(C)C)NCCCCCC(=O)SCCOCOP(N(C(C)C)C(C)C)N(C(C)C)C(C)C. The molecule has 0 aliphatic rings. The molecule has 0 rings (SSSR count). The number of nitrogens with zero attached hydrogens (tertiary/aromatic N) is 2.